The highest BCUT2D eigenvalue weighted by atomic mass is 16.3. The predicted molar refractivity (Wildman–Crippen MR) is 103 cm³/mol. The fraction of sp³-hybridized carbons (Fsp3) is 0.450. The van der Waals surface area contributed by atoms with Gasteiger partial charge in [-0.1, -0.05) is 0 Å². The average Bonchev–Trinajstić information content (AvgIpc) is 3.17. The minimum absolute atomic E-state index is 0.0564. The molecule has 1 aliphatic heterocycles. The van der Waals surface area contributed by atoms with Crippen LogP contribution in [-0.4, -0.2) is 56.7 Å². The lowest BCUT2D eigenvalue weighted by Crippen LogP contribution is -2.48. The van der Waals surface area contributed by atoms with Gasteiger partial charge in [0.1, 0.15) is 5.52 Å². The molecule has 0 aliphatic carbocycles. The number of aromatic nitrogens is 3. The highest BCUT2D eigenvalue weighted by Crippen LogP contribution is 2.21. The molecule has 7 heteroatoms. The molecule has 3 aromatic rings. The third-order valence-electron chi connectivity index (χ3n) is 5.42. The number of aryl methyl sites for hydroxylation is 3. The first kappa shape index (κ1) is 17.7. The average molecular weight is 367 g/mol. The van der Waals surface area contributed by atoms with Crippen molar-refractivity contribution in [1.29, 1.82) is 0 Å². The van der Waals surface area contributed by atoms with E-state index in [4.69, 9.17) is 4.42 Å². The fourth-order valence-corrected chi connectivity index (χ4v) is 3.67. The Bertz CT molecular complexity index is 995. The van der Waals surface area contributed by atoms with Crippen molar-refractivity contribution in [3.8, 4) is 0 Å². The van der Waals surface area contributed by atoms with E-state index in [0.29, 0.717) is 24.4 Å². The second kappa shape index (κ2) is 6.81. The summed E-state index contributed by atoms with van der Waals surface area (Å²) in [6.45, 7) is 10.0. The molecule has 4 rings (SSSR count). The number of hydrogen-bond donors (Lipinski definition) is 0. The Morgan fingerprint density at radius 3 is 2.56 bits per heavy atom. The molecule has 0 bridgehead atoms. The van der Waals surface area contributed by atoms with Gasteiger partial charge in [-0.2, -0.15) is 5.10 Å². The molecule has 7 nitrogen and oxygen atoms in total. The van der Waals surface area contributed by atoms with E-state index in [1.165, 1.54) is 11.3 Å². The van der Waals surface area contributed by atoms with Crippen LogP contribution in [0.3, 0.4) is 0 Å². The first-order valence-electron chi connectivity index (χ1n) is 9.30. The lowest BCUT2D eigenvalue weighted by atomic mass is 10.1. The van der Waals surface area contributed by atoms with Crippen LogP contribution in [0.15, 0.2) is 22.6 Å². The van der Waals surface area contributed by atoms with E-state index in [2.05, 4.69) is 28.8 Å². The summed E-state index contributed by atoms with van der Waals surface area (Å²) in [4.78, 5) is 21.5. The molecule has 4 heterocycles. The number of piperazine rings is 1. The van der Waals surface area contributed by atoms with E-state index in [9.17, 15) is 4.79 Å². The Balaban J connectivity index is 1.41. The molecule has 0 aromatic carbocycles. The summed E-state index contributed by atoms with van der Waals surface area (Å²) in [6.07, 6.45) is 0. The van der Waals surface area contributed by atoms with Crippen molar-refractivity contribution in [2.24, 2.45) is 7.05 Å². The third kappa shape index (κ3) is 3.35. The summed E-state index contributed by atoms with van der Waals surface area (Å²) < 4.78 is 7.65. The summed E-state index contributed by atoms with van der Waals surface area (Å²) >= 11 is 0. The summed E-state index contributed by atoms with van der Waals surface area (Å²) in [5.74, 6) is 0.314. The van der Waals surface area contributed by atoms with Crippen LogP contribution < -0.4 is 0 Å². The second-order valence-corrected chi connectivity index (χ2v) is 7.29. The standard InChI is InChI=1S/C20H25N5O2/c1-13-5-6-18-17(21-13)11-19(27-18)20(26)25-9-7-24(8-10-25)12-16-14(2)22-23(4)15(16)3/h5-6,11H,7-10,12H2,1-4H3. The second-order valence-electron chi connectivity index (χ2n) is 7.29. The molecule has 0 unspecified atom stereocenters. The first-order valence-corrected chi connectivity index (χ1v) is 9.30. The number of rotatable bonds is 3. The van der Waals surface area contributed by atoms with Crippen LogP contribution in [0, 0.1) is 20.8 Å². The molecule has 3 aromatic heterocycles. The normalized spacial score (nSPS) is 15.6. The van der Waals surface area contributed by atoms with Gasteiger partial charge < -0.3 is 9.32 Å². The van der Waals surface area contributed by atoms with Gasteiger partial charge in [0.2, 0.25) is 0 Å². The summed E-state index contributed by atoms with van der Waals surface area (Å²) in [5, 5.41) is 4.49. The Hall–Kier alpha value is -2.67. The molecule has 1 fully saturated rings. The van der Waals surface area contributed by atoms with E-state index < -0.39 is 0 Å². The molecule has 1 amide bonds. The Morgan fingerprint density at radius 2 is 1.89 bits per heavy atom. The Kier molecular flexibility index (Phi) is 4.47. The molecule has 0 saturated carbocycles. The highest BCUT2D eigenvalue weighted by Gasteiger charge is 2.25. The van der Waals surface area contributed by atoms with Crippen LogP contribution >= 0.6 is 0 Å². The number of hydrogen-bond acceptors (Lipinski definition) is 5. The zero-order valence-corrected chi connectivity index (χ0v) is 16.3. The van der Waals surface area contributed by atoms with Crippen LogP contribution in [0.5, 0.6) is 0 Å². The SMILES string of the molecule is Cc1ccc2oc(C(=O)N3CCN(Cc4c(C)nn(C)c4C)CC3)cc2n1. The maximum Gasteiger partial charge on any atom is 0.289 e. The summed E-state index contributed by atoms with van der Waals surface area (Å²) in [7, 11) is 1.98. The monoisotopic (exact) mass is 367 g/mol. The highest BCUT2D eigenvalue weighted by molar-refractivity contribution is 5.95. The summed E-state index contributed by atoms with van der Waals surface area (Å²) in [6, 6.07) is 5.51. The maximum atomic E-state index is 12.8. The third-order valence-corrected chi connectivity index (χ3v) is 5.42. The molecule has 0 atom stereocenters. The quantitative estimate of drug-likeness (QED) is 0.711. The first-order chi connectivity index (χ1) is 12.9. The van der Waals surface area contributed by atoms with Gasteiger partial charge >= 0.3 is 0 Å². The number of carbonyl (C=O) groups is 1. The lowest BCUT2D eigenvalue weighted by molar-refractivity contribution is 0.0599. The number of pyridine rings is 1. The van der Waals surface area contributed by atoms with Crippen molar-refractivity contribution in [2.75, 3.05) is 26.2 Å². The van der Waals surface area contributed by atoms with Crippen molar-refractivity contribution in [3.05, 3.63) is 46.6 Å². The van der Waals surface area contributed by atoms with Gasteiger partial charge in [0.15, 0.2) is 11.3 Å². The smallest absolute Gasteiger partial charge is 0.289 e. The molecular weight excluding hydrogens is 342 g/mol. The zero-order valence-electron chi connectivity index (χ0n) is 16.3. The maximum absolute atomic E-state index is 12.8. The number of furan rings is 1. The molecular formula is C20H25N5O2. The van der Waals surface area contributed by atoms with Crippen molar-refractivity contribution < 1.29 is 9.21 Å². The van der Waals surface area contributed by atoms with Gasteiger partial charge in [0, 0.05) is 62.8 Å². The van der Waals surface area contributed by atoms with E-state index in [-0.39, 0.29) is 5.91 Å². The largest absolute Gasteiger partial charge is 0.449 e. The number of fused-ring (bicyclic) bond motifs is 1. The fourth-order valence-electron chi connectivity index (χ4n) is 3.67. The van der Waals surface area contributed by atoms with Crippen molar-refractivity contribution in [1.82, 2.24) is 24.6 Å². The summed E-state index contributed by atoms with van der Waals surface area (Å²) in [5.41, 5.74) is 5.88. The molecule has 27 heavy (non-hydrogen) atoms. The minimum atomic E-state index is -0.0564. The Morgan fingerprint density at radius 1 is 1.15 bits per heavy atom. The van der Waals surface area contributed by atoms with E-state index in [0.717, 1.165) is 36.5 Å². The van der Waals surface area contributed by atoms with E-state index in [1.807, 2.05) is 35.7 Å². The van der Waals surface area contributed by atoms with Gasteiger partial charge in [0.05, 0.1) is 5.69 Å². The van der Waals surface area contributed by atoms with Gasteiger partial charge in [0.25, 0.3) is 5.91 Å². The van der Waals surface area contributed by atoms with Crippen molar-refractivity contribution in [3.63, 3.8) is 0 Å². The van der Waals surface area contributed by atoms with Crippen LogP contribution in [0.2, 0.25) is 0 Å². The number of nitrogens with zero attached hydrogens (tertiary/aromatic N) is 5. The molecule has 1 saturated heterocycles. The molecule has 0 spiro atoms. The van der Waals surface area contributed by atoms with E-state index >= 15 is 0 Å². The van der Waals surface area contributed by atoms with Gasteiger partial charge in [-0.05, 0) is 32.9 Å². The van der Waals surface area contributed by atoms with Crippen LogP contribution in [0.1, 0.15) is 33.2 Å². The molecule has 1 aliphatic rings. The van der Waals surface area contributed by atoms with Crippen LogP contribution in [0.4, 0.5) is 0 Å². The van der Waals surface area contributed by atoms with Gasteiger partial charge in [-0.3, -0.25) is 14.4 Å². The lowest BCUT2D eigenvalue weighted by Gasteiger charge is -2.34. The molecule has 0 radical (unpaired) electrons. The van der Waals surface area contributed by atoms with Crippen molar-refractivity contribution >= 4 is 17.0 Å². The topological polar surface area (TPSA) is 67.4 Å². The van der Waals surface area contributed by atoms with Crippen LogP contribution in [0.25, 0.3) is 11.1 Å². The minimum Gasteiger partial charge on any atom is -0.449 e. The Labute approximate surface area is 158 Å². The van der Waals surface area contributed by atoms with Gasteiger partial charge in [-0.25, -0.2) is 4.98 Å². The zero-order chi connectivity index (χ0) is 19.1. The van der Waals surface area contributed by atoms with Crippen molar-refractivity contribution in [2.45, 2.75) is 27.3 Å². The van der Waals surface area contributed by atoms with Crippen LogP contribution in [-0.2, 0) is 13.6 Å². The molecule has 142 valence electrons. The predicted octanol–water partition coefficient (Wildman–Crippen LogP) is 2.44. The number of amides is 1. The molecule has 0 N–H and O–H groups in total. The van der Waals surface area contributed by atoms with Gasteiger partial charge in [-0.15, -0.1) is 0 Å². The number of carbonyl (C=O) groups excluding carboxylic acids is 1. The van der Waals surface area contributed by atoms with E-state index in [1.54, 1.807) is 6.07 Å².